The minimum Gasteiger partial charge on any atom is -0.258 e. The molecule has 0 atom stereocenters. The molecule has 0 heterocycles. The maximum absolute atomic E-state index is 10.4. The molecule has 0 fully saturated rings. The molecule has 0 aliphatic carbocycles. The summed E-state index contributed by atoms with van der Waals surface area (Å²) < 4.78 is 25.3. The summed E-state index contributed by atoms with van der Waals surface area (Å²) >= 11 is 0. The van der Waals surface area contributed by atoms with Crippen LogP contribution >= 0.6 is 0 Å². The van der Waals surface area contributed by atoms with Gasteiger partial charge in [0, 0.05) is 0 Å². The highest BCUT2D eigenvalue weighted by atomic mass is 32.2. The van der Waals surface area contributed by atoms with Gasteiger partial charge in [-0.15, -0.1) is 0 Å². The number of nitrogens with two attached hydrogens (primary N) is 1. The smallest absolute Gasteiger partial charge is 0.258 e. The van der Waals surface area contributed by atoms with Crippen LogP contribution < -0.4 is 5.14 Å². The first-order chi connectivity index (χ1) is 8.06. The Morgan fingerprint density at radius 2 is 1.24 bits per heavy atom. The van der Waals surface area contributed by atoms with E-state index in [4.69, 9.17) is 5.14 Å². The van der Waals surface area contributed by atoms with E-state index >= 15 is 0 Å². The molecule has 5 heteroatoms. The summed E-state index contributed by atoms with van der Waals surface area (Å²) in [6, 6.07) is 0. The molecule has 0 amide bonds. The van der Waals surface area contributed by atoms with E-state index in [0.717, 1.165) is 19.3 Å². The van der Waals surface area contributed by atoms with Gasteiger partial charge in [0.05, 0.1) is 6.61 Å². The average molecular weight is 265 g/mol. The highest BCUT2D eigenvalue weighted by Gasteiger charge is 2.00. The number of unbranched alkanes of at least 4 members (excludes halogenated alkanes) is 9. The van der Waals surface area contributed by atoms with Crippen molar-refractivity contribution in [3.63, 3.8) is 0 Å². The van der Waals surface area contributed by atoms with Crippen LogP contribution in [-0.4, -0.2) is 15.0 Å². The average Bonchev–Trinajstić information content (AvgIpc) is 2.24. The number of hydrogen-bond donors (Lipinski definition) is 1. The molecular formula is C12H27NO3S. The fourth-order valence-electron chi connectivity index (χ4n) is 1.76. The molecule has 0 aliphatic heterocycles. The lowest BCUT2D eigenvalue weighted by atomic mass is 10.1. The van der Waals surface area contributed by atoms with Crippen LogP contribution in [0.3, 0.4) is 0 Å². The summed E-state index contributed by atoms with van der Waals surface area (Å²) in [5.74, 6) is 0. The van der Waals surface area contributed by atoms with E-state index in [1.54, 1.807) is 0 Å². The molecule has 0 radical (unpaired) electrons. The molecule has 0 aromatic heterocycles. The Balaban J connectivity index is 3.04. The highest BCUT2D eigenvalue weighted by Crippen LogP contribution is 2.10. The number of rotatable bonds is 12. The zero-order valence-electron chi connectivity index (χ0n) is 11.0. The fourth-order valence-corrected chi connectivity index (χ4v) is 2.11. The van der Waals surface area contributed by atoms with Crippen molar-refractivity contribution in [2.75, 3.05) is 6.61 Å². The molecule has 2 N–H and O–H groups in total. The SMILES string of the molecule is CCCCCCCCCCCCOS(N)(=O)=O. The lowest BCUT2D eigenvalue weighted by Crippen LogP contribution is -2.16. The Hall–Kier alpha value is -0.130. The molecule has 0 aromatic carbocycles. The van der Waals surface area contributed by atoms with Gasteiger partial charge >= 0.3 is 10.3 Å². The van der Waals surface area contributed by atoms with E-state index in [9.17, 15) is 8.42 Å². The Labute approximate surface area is 106 Å². The molecule has 4 nitrogen and oxygen atoms in total. The molecule has 0 aliphatic rings. The van der Waals surface area contributed by atoms with Gasteiger partial charge in [-0.2, -0.15) is 8.42 Å². The predicted molar refractivity (Wildman–Crippen MR) is 70.9 cm³/mol. The second kappa shape index (κ2) is 11.0. The van der Waals surface area contributed by atoms with Gasteiger partial charge in [0.15, 0.2) is 0 Å². The molecule has 0 rings (SSSR count). The summed E-state index contributed by atoms with van der Waals surface area (Å²) in [6.45, 7) is 2.44. The largest absolute Gasteiger partial charge is 0.333 e. The van der Waals surface area contributed by atoms with Gasteiger partial charge in [-0.05, 0) is 6.42 Å². The predicted octanol–water partition coefficient (Wildman–Crippen LogP) is 3.13. The standard InChI is InChI=1S/C12H27NO3S/c1-2-3-4-5-6-7-8-9-10-11-12-16-17(13,14)15/h2-12H2,1H3,(H2,13,14,15). The van der Waals surface area contributed by atoms with Crippen molar-refractivity contribution in [1.82, 2.24) is 0 Å². The Morgan fingerprint density at radius 3 is 1.65 bits per heavy atom. The Bertz CT molecular complexity index is 252. The van der Waals surface area contributed by atoms with Gasteiger partial charge in [0.1, 0.15) is 0 Å². The van der Waals surface area contributed by atoms with Crippen molar-refractivity contribution in [3.8, 4) is 0 Å². The van der Waals surface area contributed by atoms with Crippen molar-refractivity contribution >= 4 is 10.3 Å². The van der Waals surface area contributed by atoms with E-state index in [-0.39, 0.29) is 6.61 Å². The van der Waals surface area contributed by atoms with Gasteiger partial charge in [0.2, 0.25) is 0 Å². The molecule has 0 aromatic rings. The molecular weight excluding hydrogens is 238 g/mol. The van der Waals surface area contributed by atoms with Gasteiger partial charge < -0.3 is 0 Å². The zero-order chi connectivity index (χ0) is 13.0. The van der Waals surface area contributed by atoms with Crippen molar-refractivity contribution in [1.29, 1.82) is 0 Å². The summed E-state index contributed by atoms with van der Waals surface area (Å²) in [7, 11) is -3.73. The second-order valence-electron chi connectivity index (χ2n) is 4.50. The van der Waals surface area contributed by atoms with Crippen LogP contribution in [0.4, 0.5) is 0 Å². The molecule has 0 saturated heterocycles. The van der Waals surface area contributed by atoms with Gasteiger partial charge in [-0.1, -0.05) is 64.7 Å². The van der Waals surface area contributed by atoms with Crippen LogP contribution in [0.2, 0.25) is 0 Å². The molecule has 0 saturated carbocycles. The number of hydrogen-bond acceptors (Lipinski definition) is 3. The summed E-state index contributed by atoms with van der Waals surface area (Å²) in [5, 5.41) is 4.71. The first-order valence-corrected chi connectivity index (χ1v) is 8.20. The summed E-state index contributed by atoms with van der Waals surface area (Å²) in [5.41, 5.74) is 0. The normalized spacial score (nSPS) is 11.9. The van der Waals surface area contributed by atoms with Gasteiger partial charge in [-0.3, -0.25) is 4.18 Å². The van der Waals surface area contributed by atoms with Crippen molar-refractivity contribution < 1.29 is 12.6 Å². The molecule has 0 bridgehead atoms. The first kappa shape index (κ1) is 16.9. The lowest BCUT2D eigenvalue weighted by molar-refractivity contribution is 0.306. The Morgan fingerprint density at radius 1 is 0.824 bits per heavy atom. The van der Waals surface area contributed by atoms with Crippen LogP contribution in [0.15, 0.2) is 0 Å². The monoisotopic (exact) mass is 265 g/mol. The van der Waals surface area contributed by atoms with Crippen LogP contribution in [0.1, 0.15) is 71.1 Å². The van der Waals surface area contributed by atoms with Crippen LogP contribution in [0.25, 0.3) is 0 Å². The third kappa shape index (κ3) is 15.9. The van der Waals surface area contributed by atoms with Crippen LogP contribution in [-0.2, 0) is 14.5 Å². The minimum atomic E-state index is -3.73. The molecule has 104 valence electrons. The van der Waals surface area contributed by atoms with Crippen LogP contribution in [0, 0.1) is 0 Å². The van der Waals surface area contributed by atoms with Gasteiger partial charge in [-0.25, -0.2) is 5.14 Å². The maximum Gasteiger partial charge on any atom is 0.333 e. The third-order valence-electron chi connectivity index (χ3n) is 2.75. The topological polar surface area (TPSA) is 69.4 Å². The van der Waals surface area contributed by atoms with Crippen molar-refractivity contribution in [2.45, 2.75) is 71.1 Å². The highest BCUT2D eigenvalue weighted by molar-refractivity contribution is 7.84. The second-order valence-corrected chi connectivity index (χ2v) is 5.72. The minimum absolute atomic E-state index is 0.218. The fraction of sp³-hybridized carbons (Fsp3) is 1.00. The quantitative estimate of drug-likeness (QED) is 0.551. The van der Waals surface area contributed by atoms with E-state index in [2.05, 4.69) is 11.1 Å². The van der Waals surface area contributed by atoms with E-state index in [1.807, 2.05) is 0 Å². The van der Waals surface area contributed by atoms with Gasteiger partial charge in [0.25, 0.3) is 0 Å². The van der Waals surface area contributed by atoms with Crippen LogP contribution in [0.5, 0.6) is 0 Å². The zero-order valence-corrected chi connectivity index (χ0v) is 11.8. The Kier molecular flexibility index (Phi) is 10.9. The molecule has 17 heavy (non-hydrogen) atoms. The molecule has 0 unspecified atom stereocenters. The summed E-state index contributed by atoms with van der Waals surface area (Å²) in [6.07, 6.45) is 12.2. The van der Waals surface area contributed by atoms with Crippen molar-refractivity contribution in [3.05, 3.63) is 0 Å². The van der Waals surface area contributed by atoms with E-state index < -0.39 is 10.3 Å². The molecule has 0 spiro atoms. The first-order valence-electron chi connectivity index (χ1n) is 6.73. The van der Waals surface area contributed by atoms with E-state index in [0.29, 0.717) is 0 Å². The maximum atomic E-state index is 10.4. The lowest BCUT2D eigenvalue weighted by Gasteiger charge is -2.02. The third-order valence-corrected chi connectivity index (χ3v) is 3.24. The van der Waals surface area contributed by atoms with Crippen molar-refractivity contribution in [2.24, 2.45) is 5.14 Å². The van der Waals surface area contributed by atoms with E-state index in [1.165, 1.54) is 44.9 Å². The summed E-state index contributed by atoms with van der Waals surface area (Å²) in [4.78, 5) is 0.